The average Bonchev–Trinajstić information content (AvgIpc) is 2.45. The smallest absolute Gasteiger partial charge is 0.372 e. The monoisotopic (exact) mass is 326 g/mol. The van der Waals surface area contributed by atoms with Gasteiger partial charge in [-0.25, -0.2) is 9.18 Å². The molecule has 1 heterocycles. The van der Waals surface area contributed by atoms with Gasteiger partial charge in [0.15, 0.2) is 12.3 Å². The van der Waals surface area contributed by atoms with Gasteiger partial charge in [0.25, 0.3) is 0 Å². The first-order valence-corrected chi connectivity index (χ1v) is 6.12. The second kappa shape index (κ2) is 6.60. The first kappa shape index (κ1) is 18.4. The Kier molecular flexibility index (Phi) is 5.51. The topological polar surface area (TPSA) is 162 Å². The minimum absolute atomic E-state index is 0.907. The maximum Gasteiger partial charge on any atom is 0.372 e. The number of carboxylic acids is 1. The molecule has 126 valence electrons. The van der Waals surface area contributed by atoms with Crippen molar-refractivity contribution in [2.75, 3.05) is 6.61 Å². The molecule has 0 aromatic rings. The van der Waals surface area contributed by atoms with Crippen molar-refractivity contribution in [2.24, 2.45) is 11.5 Å². The molecule has 1 rings (SSSR count). The second-order valence-corrected chi connectivity index (χ2v) is 4.74. The lowest BCUT2D eigenvalue weighted by Crippen LogP contribution is -2.72. The molecule has 0 amide bonds. The molecular weight excluding hydrogens is 310 g/mol. The third-order valence-electron chi connectivity index (χ3n) is 3.18. The summed E-state index contributed by atoms with van der Waals surface area (Å²) >= 11 is 0. The van der Waals surface area contributed by atoms with Crippen LogP contribution in [0.5, 0.6) is 0 Å². The number of carboxylic acid groups (broad SMARTS) is 1. The van der Waals surface area contributed by atoms with E-state index in [1.807, 2.05) is 0 Å². The minimum Gasteiger partial charge on any atom is -0.477 e. The van der Waals surface area contributed by atoms with Gasteiger partial charge in [0.2, 0.25) is 5.78 Å². The number of esters is 1. The van der Waals surface area contributed by atoms with Crippen LogP contribution in [0.2, 0.25) is 0 Å². The number of aliphatic hydroxyl groups excluding tert-OH is 1. The predicted octanol–water partition coefficient (Wildman–Crippen LogP) is -2.38. The summed E-state index contributed by atoms with van der Waals surface area (Å²) in [6.45, 7) is -0.213. The number of ketones is 1. The zero-order chi connectivity index (χ0) is 17.2. The van der Waals surface area contributed by atoms with E-state index in [0.29, 0.717) is 0 Å². The van der Waals surface area contributed by atoms with E-state index in [1.54, 1.807) is 0 Å². The first-order chi connectivity index (χ1) is 10.1. The number of halogens is 2. The van der Waals surface area contributed by atoms with Crippen LogP contribution in [-0.4, -0.2) is 70.9 Å². The molecule has 0 saturated carbocycles. The van der Waals surface area contributed by atoms with Crippen LogP contribution in [-0.2, 0) is 23.9 Å². The summed E-state index contributed by atoms with van der Waals surface area (Å²) in [6.07, 6.45) is -6.62. The number of carbonyl (C=O) groups excluding carboxylic acids is 2. The van der Waals surface area contributed by atoms with Crippen LogP contribution >= 0.6 is 0 Å². The Morgan fingerprint density at radius 3 is 2.32 bits per heavy atom. The standard InChI is InChI=1S/C11H16F2N2O7/c1-3(17)21-7(4(18)2-16)8-5(14)6(15)9(12)11(13,22-8)10(19)20/h5-9,16H,2,14-15H2,1H3,(H,19,20). The molecule has 0 radical (unpaired) electrons. The fourth-order valence-electron chi connectivity index (χ4n) is 2.02. The fraction of sp³-hybridized carbons (Fsp3) is 0.727. The maximum absolute atomic E-state index is 14.2. The highest BCUT2D eigenvalue weighted by Gasteiger charge is 2.61. The Balaban J connectivity index is 3.20. The molecule has 6 N–H and O–H groups in total. The van der Waals surface area contributed by atoms with Gasteiger partial charge in [-0.1, -0.05) is 0 Å². The Bertz CT molecular complexity index is 477. The summed E-state index contributed by atoms with van der Waals surface area (Å²) in [7, 11) is 0. The quantitative estimate of drug-likeness (QED) is 0.404. The largest absolute Gasteiger partial charge is 0.477 e. The minimum atomic E-state index is -3.87. The van der Waals surface area contributed by atoms with Gasteiger partial charge in [-0.2, -0.15) is 4.39 Å². The SMILES string of the molecule is CC(=O)OC(C(=O)CO)C1OC(F)(C(=O)O)C(F)C(N)C1N. The molecule has 1 aliphatic rings. The molecule has 9 nitrogen and oxygen atoms in total. The van der Waals surface area contributed by atoms with Crippen LogP contribution in [0.15, 0.2) is 0 Å². The molecule has 1 saturated heterocycles. The number of Topliss-reactive ketones (excluding diaryl/α,β-unsaturated/α-hetero) is 1. The summed E-state index contributed by atoms with van der Waals surface area (Å²) in [5, 5.41) is 17.6. The van der Waals surface area contributed by atoms with Gasteiger partial charge in [-0.15, -0.1) is 0 Å². The molecule has 22 heavy (non-hydrogen) atoms. The van der Waals surface area contributed by atoms with Crippen LogP contribution in [0.25, 0.3) is 0 Å². The highest BCUT2D eigenvalue weighted by molar-refractivity contribution is 5.87. The van der Waals surface area contributed by atoms with Crippen LogP contribution < -0.4 is 11.5 Å². The maximum atomic E-state index is 14.2. The van der Waals surface area contributed by atoms with Crippen molar-refractivity contribution in [2.45, 2.75) is 43.2 Å². The summed E-state index contributed by atoms with van der Waals surface area (Å²) in [6, 6.07) is -3.40. The molecule has 6 unspecified atom stereocenters. The molecular formula is C11H16F2N2O7. The number of alkyl halides is 2. The normalized spacial score (nSPS) is 36.5. The summed E-state index contributed by atoms with van der Waals surface area (Å²) in [4.78, 5) is 33.5. The predicted molar refractivity (Wildman–Crippen MR) is 64.8 cm³/mol. The average molecular weight is 326 g/mol. The van der Waals surface area contributed by atoms with E-state index in [1.165, 1.54) is 0 Å². The third kappa shape index (κ3) is 3.21. The number of ether oxygens (including phenoxy) is 2. The van der Waals surface area contributed by atoms with E-state index >= 15 is 0 Å². The lowest BCUT2D eigenvalue weighted by molar-refractivity contribution is -0.267. The Morgan fingerprint density at radius 2 is 1.91 bits per heavy atom. The molecule has 0 aromatic heterocycles. The molecule has 11 heteroatoms. The van der Waals surface area contributed by atoms with Gasteiger partial charge in [-0.3, -0.25) is 9.59 Å². The number of carbonyl (C=O) groups is 3. The van der Waals surface area contributed by atoms with Crippen molar-refractivity contribution in [3.05, 3.63) is 0 Å². The van der Waals surface area contributed by atoms with Crippen molar-refractivity contribution in [1.29, 1.82) is 0 Å². The number of rotatable bonds is 5. The van der Waals surface area contributed by atoms with Crippen LogP contribution in [0.4, 0.5) is 8.78 Å². The lowest BCUT2D eigenvalue weighted by Gasteiger charge is -2.43. The van der Waals surface area contributed by atoms with Gasteiger partial charge in [-0.05, 0) is 0 Å². The lowest BCUT2D eigenvalue weighted by atomic mass is 9.87. The van der Waals surface area contributed by atoms with Crippen molar-refractivity contribution >= 4 is 17.7 Å². The molecule has 1 fully saturated rings. The van der Waals surface area contributed by atoms with Crippen molar-refractivity contribution in [3.8, 4) is 0 Å². The van der Waals surface area contributed by atoms with E-state index in [0.717, 1.165) is 6.92 Å². The number of hydrogen-bond acceptors (Lipinski definition) is 8. The first-order valence-electron chi connectivity index (χ1n) is 6.12. The van der Waals surface area contributed by atoms with Gasteiger partial charge in [0, 0.05) is 6.92 Å². The zero-order valence-corrected chi connectivity index (χ0v) is 11.4. The number of aliphatic carboxylic acids is 1. The van der Waals surface area contributed by atoms with Crippen molar-refractivity contribution in [3.63, 3.8) is 0 Å². The summed E-state index contributed by atoms with van der Waals surface area (Å²) in [5.41, 5.74) is 10.9. The Morgan fingerprint density at radius 1 is 1.36 bits per heavy atom. The van der Waals surface area contributed by atoms with Crippen LogP contribution in [0, 0.1) is 0 Å². The number of nitrogens with two attached hydrogens (primary N) is 2. The molecule has 6 atom stereocenters. The number of aliphatic hydroxyl groups is 1. The zero-order valence-electron chi connectivity index (χ0n) is 11.4. The Labute approximate surface area is 123 Å². The third-order valence-corrected chi connectivity index (χ3v) is 3.18. The highest BCUT2D eigenvalue weighted by atomic mass is 19.2. The van der Waals surface area contributed by atoms with Gasteiger partial charge >= 0.3 is 17.8 Å². The number of hydrogen-bond donors (Lipinski definition) is 4. The van der Waals surface area contributed by atoms with E-state index < -0.39 is 60.6 Å². The van der Waals surface area contributed by atoms with Crippen LogP contribution in [0.1, 0.15) is 6.92 Å². The second-order valence-electron chi connectivity index (χ2n) is 4.74. The fourth-order valence-corrected chi connectivity index (χ4v) is 2.02. The van der Waals surface area contributed by atoms with E-state index in [2.05, 4.69) is 9.47 Å². The van der Waals surface area contributed by atoms with E-state index in [-0.39, 0.29) is 0 Å². The molecule has 0 aliphatic carbocycles. The van der Waals surface area contributed by atoms with Gasteiger partial charge in [0.05, 0.1) is 12.1 Å². The summed E-state index contributed by atoms with van der Waals surface area (Å²) < 4.78 is 37.0. The Hall–Kier alpha value is -1.69. The van der Waals surface area contributed by atoms with E-state index in [9.17, 15) is 23.2 Å². The van der Waals surface area contributed by atoms with Crippen molar-refractivity contribution in [1.82, 2.24) is 0 Å². The van der Waals surface area contributed by atoms with Gasteiger partial charge in [0.1, 0.15) is 12.7 Å². The van der Waals surface area contributed by atoms with E-state index in [4.69, 9.17) is 21.7 Å². The molecule has 0 aromatic carbocycles. The van der Waals surface area contributed by atoms with Crippen molar-refractivity contribution < 1.29 is 42.9 Å². The molecule has 1 aliphatic heterocycles. The summed E-state index contributed by atoms with van der Waals surface area (Å²) in [5.74, 6) is -8.31. The molecule has 0 bridgehead atoms. The van der Waals surface area contributed by atoms with Crippen LogP contribution in [0.3, 0.4) is 0 Å². The highest BCUT2D eigenvalue weighted by Crippen LogP contribution is 2.34. The molecule has 0 spiro atoms. The van der Waals surface area contributed by atoms with Gasteiger partial charge < -0.3 is 31.2 Å².